The van der Waals surface area contributed by atoms with Crippen molar-refractivity contribution in [1.82, 2.24) is 0 Å². The van der Waals surface area contributed by atoms with Crippen molar-refractivity contribution in [2.45, 2.75) is 0 Å². The normalized spacial score (nSPS) is 13.9. The van der Waals surface area contributed by atoms with Crippen LogP contribution in [0.5, 0.6) is 11.5 Å². The van der Waals surface area contributed by atoms with Crippen molar-refractivity contribution in [1.29, 1.82) is 0 Å². The smallest absolute Gasteiger partial charge is 0.231 e. The Morgan fingerprint density at radius 1 is 1.03 bits per heavy atom. The molecular formula is C23H14ClFO4. The fraction of sp³-hybridized carbons (Fsp3) is 0.0435. The van der Waals surface area contributed by atoms with Gasteiger partial charge in [-0.05, 0) is 60.2 Å². The number of fused-ring (bicyclic) bond motifs is 1. The SMILES string of the molecule is O=C(COc1ccc2c(c1)OC(=Cc1ccc(F)cc1)C2=O)c1ccc(Cl)cc1. The van der Waals surface area contributed by atoms with E-state index in [0.717, 1.165) is 0 Å². The summed E-state index contributed by atoms with van der Waals surface area (Å²) in [6.45, 7) is -0.160. The number of hydrogen-bond acceptors (Lipinski definition) is 4. The number of halogens is 2. The molecule has 4 nitrogen and oxygen atoms in total. The van der Waals surface area contributed by atoms with E-state index in [2.05, 4.69) is 0 Å². The van der Waals surface area contributed by atoms with E-state index in [4.69, 9.17) is 21.1 Å². The maximum absolute atomic E-state index is 13.0. The first kappa shape index (κ1) is 18.9. The number of rotatable bonds is 5. The first-order valence-electron chi connectivity index (χ1n) is 8.75. The molecule has 1 heterocycles. The van der Waals surface area contributed by atoms with Crippen LogP contribution in [-0.4, -0.2) is 18.2 Å². The van der Waals surface area contributed by atoms with Crippen molar-refractivity contribution in [2.75, 3.05) is 6.61 Å². The summed E-state index contributed by atoms with van der Waals surface area (Å²) in [4.78, 5) is 24.7. The molecule has 0 saturated heterocycles. The van der Waals surface area contributed by atoms with Crippen LogP contribution in [0.15, 0.2) is 72.5 Å². The minimum atomic E-state index is -0.357. The highest BCUT2D eigenvalue weighted by molar-refractivity contribution is 6.30. The summed E-state index contributed by atoms with van der Waals surface area (Å²) < 4.78 is 24.2. The Bertz CT molecular complexity index is 1120. The zero-order valence-corrected chi connectivity index (χ0v) is 15.8. The van der Waals surface area contributed by atoms with Crippen molar-refractivity contribution in [3.8, 4) is 11.5 Å². The summed E-state index contributed by atoms with van der Waals surface area (Å²) in [5.41, 5.74) is 1.54. The lowest BCUT2D eigenvalue weighted by atomic mass is 10.1. The highest BCUT2D eigenvalue weighted by Crippen LogP contribution is 2.35. The monoisotopic (exact) mass is 408 g/mol. The highest BCUT2D eigenvalue weighted by atomic mass is 35.5. The molecule has 0 bridgehead atoms. The molecule has 0 spiro atoms. The van der Waals surface area contributed by atoms with E-state index in [1.807, 2.05) is 0 Å². The van der Waals surface area contributed by atoms with Gasteiger partial charge in [-0.3, -0.25) is 9.59 Å². The number of ketones is 2. The Hall–Kier alpha value is -3.44. The lowest BCUT2D eigenvalue weighted by Crippen LogP contribution is -2.11. The molecule has 0 atom stereocenters. The lowest BCUT2D eigenvalue weighted by Gasteiger charge is -2.07. The van der Waals surface area contributed by atoms with Crippen LogP contribution in [0.1, 0.15) is 26.3 Å². The number of ether oxygens (including phenoxy) is 2. The van der Waals surface area contributed by atoms with E-state index in [9.17, 15) is 14.0 Å². The Morgan fingerprint density at radius 2 is 1.76 bits per heavy atom. The zero-order chi connectivity index (χ0) is 20.4. The molecule has 1 aliphatic heterocycles. The number of allylic oxidation sites excluding steroid dienone is 1. The van der Waals surface area contributed by atoms with Crippen LogP contribution in [0.3, 0.4) is 0 Å². The van der Waals surface area contributed by atoms with E-state index in [1.165, 1.54) is 12.1 Å². The minimum Gasteiger partial charge on any atom is -0.485 e. The Kier molecular flexibility index (Phi) is 5.14. The molecule has 0 aromatic heterocycles. The predicted octanol–water partition coefficient (Wildman–Crippen LogP) is 5.36. The van der Waals surface area contributed by atoms with Gasteiger partial charge < -0.3 is 9.47 Å². The zero-order valence-electron chi connectivity index (χ0n) is 15.0. The van der Waals surface area contributed by atoms with Gasteiger partial charge in [0.05, 0.1) is 5.56 Å². The third-order valence-electron chi connectivity index (χ3n) is 4.35. The molecule has 0 unspecified atom stereocenters. The van der Waals surface area contributed by atoms with Gasteiger partial charge in [-0.2, -0.15) is 0 Å². The number of benzene rings is 3. The fourth-order valence-electron chi connectivity index (χ4n) is 2.84. The average Bonchev–Trinajstić information content (AvgIpc) is 3.03. The molecule has 0 N–H and O–H groups in total. The number of carbonyl (C=O) groups excluding carboxylic acids is 2. The molecule has 3 aromatic rings. The Morgan fingerprint density at radius 3 is 2.48 bits per heavy atom. The maximum Gasteiger partial charge on any atom is 0.231 e. The van der Waals surface area contributed by atoms with E-state index in [0.29, 0.717) is 33.2 Å². The van der Waals surface area contributed by atoms with Gasteiger partial charge in [0.15, 0.2) is 18.1 Å². The van der Waals surface area contributed by atoms with E-state index < -0.39 is 0 Å². The number of hydrogen-bond donors (Lipinski definition) is 0. The van der Waals surface area contributed by atoms with Gasteiger partial charge in [-0.1, -0.05) is 23.7 Å². The molecule has 1 aliphatic rings. The summed E-state index contributed by atoms with van der Waals surface area (Å²) in [6.07, 6.45) is 1.55. The predicted molar refractivity (Wildman–Crippen MR) is 107 cm³/mol. The second-order valence-electron chi connectivity index (χ2n) is 6.37. The quantitative estimate of drug-likeness (QED) is 0.421. The van der Waals surface area contributed by atoms with E-state index in [1.54, 1.807) is 60.7 Å². The van der Waals surface area contributed by atoms with Crippen LogP contribution in [0.25, 0.3) is 6.08 Å². The molecule has 0 radical (unpaired) electrons. The van der Waals surface area contributed by atoms with Crippen LogP contribution in [0.2, 0.25) is 5.02 Å². The molecule has 0 fully saturated rings. The summed E-state index contributed by atoms with van der Waals surface area (Å²) in [6, 6.07) is 17.0. The number of Topliss-reactive ketones (excluding diaryl/α,β-unsaturated/α-hetero) is 2. The van der Waals surface area contributed by atoms with Crippen LogP contribution in [0.4, 0.5) is 4.39 Å². The summed E-state index contributed by atoms with van der Waals surface area (Å²) >= 11 is 5.82. The van der Waals surface area contributed by atoms with Crippen LogP contribution in [-0.2, 0) is 0 Å². The summed E-state index contributed by atoms with van der Waals surface area (Å²) in [5.74, 6) is 0.0657. The Labute approximate surface area is 171 Å². The molecule has 0 amide bonds. The molecule has 6 heteroatoms. The van der Waals surface area contributed by atoms with Gasteiger partial charge >= 0.3 is 0 Å². The third-order valence-corrected chi connectivity index (χ3v) is 4.60. The Balaban J connectivity index is 1.46. The fourth-order valence-corrected chi connectivity index (χ4v) is 2.96. The molecule has 3 aromatic carbocycles. The van der Waals surface area contributed by atoms with Gasteiger partial charge in [-0.25, -0.2) is 4.39 Å². The van der Waals surface area contributed by atoms with Crippen LogP contribution in [0, 0.1) is 5.82 Å². The molecular weight excluding hydrogens is 395 g/mol. The largest absolute Gasteiger partial charge is 0.485 e. The van der Waals surface area contributed by atoms with Crippen LogP contribution < -0.4 is 9.47 Å². The number of carbonyl (C=O) groups is 2. The first-order valence-corrected chi connectivity index (χ1v) is 9.13. The maximum atomic E-state index is 13.0. The third kappa shape index (κ3) is 4.20. The molecule has 0 aliphatic carbocycles. The summed E-state index contributed by atoms with van der Waals surface area (Å²) in [7, 11) is 0. The average molecular weight is 409 g/mol. The topological polar surface area (TPSA) is 52.6 Å². The highest BCUT2D eigenvalue weighted by Gasteiger charge is 2.27. The lowest BCUT2D eigenvalue weighted by molar-refractivity contribution is 0.0921. The van der Waals surface area contributed by atoms with Crippen molar-refractivity contribution in [3.05, 3.63) is 100 Å². The second-order valence-corrected chi connectivity index (χ2v) is 6.80. The van der Waals surface area contributed by atoms with Gasteiger partial charge in [0, 0.05) is 16.7 Å². The van der Waals surface area contributed by atoms with Crippen molar-refractivity contribution < 1.29 is 23.5 Å². The minimum absolute atomic E-state index is 0.140. The molecule has 4 rings (SSSR count). The van der Waals surface area contributed by atoms with Crippen LogP contribution >= 0.6 is 11.6 Å². The molecule has 29 heavy (non-hydrogen) atoms. The van der Waals surface area contributed by atoms with E-state index >= 15 is 0 Å². The molecule has 144 valence electrons. The van der Waals surface area contributed by atoms with Gasteiger partial charge in [0.25, 0.3) is 0 Å². The first-order chi connectivity index (χ1) is 14.0. The standard InChI is InChI=1S/C23H14ClFO4/c24-16-5-3-15(4-6-16)20(26)13-28-18-9-10-19-21(12-18)29-22(23(19)27)11-14-1-7-17(25)8-2-14/h1-12H,13H2. The van der Waals surface area contributed by atoms with E-state index in [-0.39, 0.29) is 29.7 Å². The van der Waals surface area contributed by atoms with Crippen molar-refractivity contribution in [2.24, 2.45) is 0 Å². The summed E-state index contributed by atoms with van der Waals surface area (Å²) in [5, 5.41) is 0.549. The van der Waals surface area contributed by atoms with Crippen molar-refractivity contribution >= 4 is 29.2 Å². The second kappa shape index (κ2) is 7.89. The van der Waals surface area contributed by atoms with Gasteiger partial charge in [0.2, 0.25) is 5.78 Å². The van der Waals surface area contributed by atoms with Crippen molar-refractivity contribution in [3.63, 3.8) is 0 Å². The van der Waals surface area contributed by atoms with Gasteiger partial charge in [-0.15, -0.1) is 0 Å². The molecule has 0 saturated carbocycles. The van der Waals surface area contributed by atoms with Gasteiger partial charge in [0.1, 0.15) is 17.3 Å².